The molecule has 0 atom stereocenters. The second kappa shape index (κ2) is 7.59. The number of hydrogen-bond donors (Lipinski definition) is 2. The van der Waals surface area contributed by atoms with Crippen molar-refractivity contribution in [3.05, 3.63) is 35.7 Å². The molecule has 2 aromatic rings. The van der Waals surface area contributed by atoms with Gasteiger partial charge in [0.15, 0.2) is 11.6 Å². The molecular formula is C19H28N6. The normalized spacial score (nSPS) is 14.7. The Bertz CT molecular complexity index is 722. The van der Waals surface area contributed by atoms with Crippen LogP contribution in [0.15, 0.2) is 24.5 Å². The number of nitrogen functional groups attached to an aromatic ring is 1. The predicted octanol–water partition coefficient (Wildman–Crippen LogP) is 2.82. The van der Waals surface area contributed by atoms with Crippen molar-refractivity contribution < 1.29 is 0 Å². The molecule has 2 heterocycles. The molecular weight excluding hydrogens is 312 g/mol. The Balaban J connectivity index is 1.71. The number of aryl methyl sites for hydroxylation is 1. The molecule has 1 fully saturated rings. The summed E-state index contributed by atoms with van der Waals surface area (Å²) < 4.78 is 0. The third kappa shape index (κ3) is 3.62. The van der Waals surface area contributed by atoms with Crippen molar-refractivity contribution in [2.45, 2.75) is 27.2 Å². The molecule has 1 aromatic heterocycles. The second-order valence-corrected chi connectivity index (χ2v) is 6.58. The lowest BCUT2D eigenvalue weighted by Gasteiger charge is -2.38. The van der Waals surface area contributed by atoms with E-state index >= 15 is 0 Å². The summed E-state index contributed by atoms with van der Waals surface area (Å²) in [5.74, 6) is 1.58. The summed E-state index contributed by atoms with van der Waals surface area (Å²) in [5.41, 5.74) is 11.0. The first-order valence-electron chi connectivity index (χ1n) is 9.02. The summed E-state index contributed by atoms with van der Waals surface area (Å²) in [6, 6.07) is 6.52. The van der Waals surface area contributed by atoms with E-state index in [1.807, 2.05) is 0 Å². The first-order chi connectivity index (χ1) is 12.1. The minimum absolute atomic E-state index is 0.649. The lowest BCUT2D eigenvalue weighted by atomic mass is 10.1. The number of hydrogen-bond acceptors (Lipinski definition) is 6. The molecule has 1 aliphatic rings. The standard InChI is InChI=1S/C19H28N6/c1-4-8-21-18-17(20)19(23-13-22-18)25-11-9-24(10-12-25)16-7-5-6-14(2)15(16)3/h5-7,13H,4,8-12,20H2,1-3H3,(H,21,22,23). The number of benzene rings is 1. The predicted molar refractivity (Wildman–Crippen MR) is 106 cm³/mol. The van der Waals surface area contributed by atoms with Crippen LogP contribution < -0.4 is 20.9 Å². The summed E-state index contributed by atoms with van der Waals surface area (Å²) in [6.07, 6.45) is 2.63. The van der Waals surface area contributed by atoms with E-state index in [2.05, 4.69) is 64.1 Å². The average Bonchev–Trinajstić information content (AvgIpc) is 2.63. The van der Waals surface area contributed by atoms with Gasteiger partial charge in [-0.05, 0) is 37.5 Å². The molecule has 0 bridgehead atoms. The molecule has 0 amide bonds. The number of nitrogens with two attached hydrogens (primary N) is 1. The molecule has 134 valence electrons. The highest BCUT2D eigenvalue weighted by molar-refractivity contribution is 5.75. The third-order valence-corrected chi connectivity index (χ3v) is 4.90. The van der Waals surface area contributed by atoms with Crippen molar-refractivity contribution in [2.24, 2.45) is 0 Å². The maximum absolute atomic E-state index is 6.30. The Morgan fingerprint density at radius 2 is 1.80 bits per heavy atom. The van der Waals surface area contributed by atoms with Gasteiger partial charge in [-0.2, -0.15) is 0 Å². The van der Waals surface area contributed by atoms with E-state index in [9.17, 15) is 0 Å². The van der Waals surface area contributed by atoms with Gasteiger partial charge in [-0.3, -0.25) is 0 Å². The van der Waals surface area contributed by atoms with Gasteiger partial charge < -0.3 is 20.9 Å². The van der Waals surface area contributed by atoms with Crippen LogP contribution in [-0.2, 0) is 0 Å². The minimum Gasteiger partial charge on any atom is -0.393 e. The SMILES string of the molecule is CCCNc1ncnc(N2CCN(c3cccc(C)c3C)CC2)c1N. The van der Waals surface area contributed by atoms with Gasteiger partial charge in [0.2, 0.25) is 0 Å². The third-order valence-electron chi connectivity index (χ3n) is 4.90. The van der Waals surface area contributed by atoms with Crippen molar-refractivity contribution in [2.75, 3.05) is 53.6 Å². The molecule has 3 rings (SSSR count). The van der Waals surface area contributed by atoms with Crippen molar-refractivity contribution in [3.8, 4) is 0 Å². The summed E-state index contributed by atoms with van der Waals surface area (Å²) in [4.78, 5) is 13.4. The fourth-order valence-corrected chi connectivity index (χ4v) is 3.26. The molecule has 3 N–H and O–H groups in total. The molecule has 1 aromatic carbocycles. The van der Waals surface area contributed by atoms with Crippen molar-refractivity contribution in [1.82, 2.24) is 9.97 Å². The van der Waals surface area contributed by atoms with Gasteiger partial charge in [0, 0.05) is 38.4 Å². The summed E-state index contributed by atoms with van der Waals surface area (Å²) in [6.45, 7) is 11.1. The molecule has 1 saturated heterocycles. The zero-order valence-corrected chi connectivity index (χ0v) is 15.4. The van der Waals surface area contributed by atoms with Crippen molar-refractivity contribution >= 4 is 23.0 Å². The van der Waals surface area contributed by atoms with Crippen LogP contribution in [0, 0.1) is 13.8 Å². The van der Waals surface area contributed by atoms with Gasteiger partial charge in [-0.1, -0.05) is 19.1 Å². The Hall–Kier alpha value is -2.50. The van der Waals surface area contributed by atoms with Crippen LogP contribution in [0.5, 0.6) is 0 Å². The average molecular weight is 340 g/mol. The summed E-state index contributed by atoms with van der Waals surface area (Å²) in [5, 5.41) is 3.28. The van der Waals surface area contributed by atoms with Crippen LogP contribution in [0.4, 0.5) is 23.0 Å². The molecule has 0 saturated carbocycles. The smallest absolute Gasteiger partial charge is 0.157 e. The van der Waals surface area contributed by atoms with Crippen LogP contribution in [0.3, 0.4) is 0 Å². The maximum atomic E-state index is 6.30. The van der Waals surface area contributed by atoms with E-state index in [1.54, 1.807) is 6.33 Å². The Kier molecular flexibility index (Phi) is 5.26. The zero-order valence-electron chi connectivity index (χ0n) is 15.4. The monoisotopic (exact) mass is 340 g/mol. The van der Waals surface area contributed by atoms with Gasteiger partial charge in [-0.15, -0.1) is 0 Å². The number of nitrogens with zero attached hydrogens (tertiary/aromatic N) is 4. The Morgan fingerprint density at radius 3 is 2.52 bits per heavy atom. The summed E-state index contributed by atoms with van der Waals surface area (Å²) >= 11 is 0. The van der Waals surface area contributed by atoms with Crippen LogP contribution in [0.2, 0.25) is 0 Å². The highest BCUT2D eigenvalue weighted by atomic mass is 15.3. The highest BCUT2D eigenvalue weighted by Crippen LogP contribution is 2.29. The minimum atomic E-state index is 0.649. The van der Waals surface area contributed by atoms with Crippen LogP contribution in [0.25, 0.3) is 0 Å². The fraction of sp³-hybridized carbons (Fsp3) is 0.474. The van der Waals surface area contributed by atoms with Gasteiger partial charge in [0.25, 0.3) is 0 Å². The number of aromatic nitrogens is 2. The van der Waals surface area contributed by atoms with E-state index < -0.39 is 0 Å². The lowest BCUT2D eigenvalue weighted by Crippen LogP contribution is -2.47. The number of nitrogens with one attached hydrogen (secondary N) is 1. The van der Waals surface area contributed by atoms with Crippen molar-refractivity contribution in [1.29, 1.82) is 0 Å². The maximum Gasteiger partial charge on any atom is 0.157 e. The van der Waals surface area contributed by atoms with E-state index in [1.165, 1.54) is 16.8 Å². The molecule has 0 aliphatic carbocycles. The van der Waals surface area contributed by atoms with E-state index in [4.69, 9.17) is 5.73 Å². The Morgan fingerprint density at radius 1 is 1.08 bits per heavy atom. The van der Waals surface area contributed by atoms with Gasteiger partial charge in [0.05, 0.1) is 0 Å². The second-order valence-electron chi connectivity index (χ2n) is 6.58. The molecule has 25 heavy (non-hydrogen) atoms. The van der Waals surface area contributed by atoms with E-state index in [0.717, 1.165) is 50.8 Å². The number of rotatable bonds is 5. The van der Waals surface area contributed by atoms with Gasteiger partial charge in [-0.25, -0.2) is 9.97 Å². The molecule has 1 aliphatic heterocycles. The lowest BCUT2D eigenvalue weighted by molar-refractivity contribution is 0.646. The first-order valence-corrected chi connectivity index (χ1v) is 9.02. The molecule has 6 nitrogen and oxygen atoms in total. The van der Waals surface area contributed by atoms with Gasteiger partial charge in [0.1, 0.15) is 12.0 Å². The molecule has 0 radical (unpaired) electrons. The van der Waals surface area contributed by atoms with Gasteiger partial charge >= 0.3 is 0 Å². The van der Waals surface area contributed by atoms with Crippen LogP contribution in [0.1, 0.15) is 24.5 Å². The number of anilines is 4. The van der Waals surface area contributed by atoms with E-state index in [-0.39, 0.29) is 0 Å². The number of piperazine rings is 1. The fourth-order valence-electron chi connectivity index (χ4n) is 3.26. The molecule has 0 spiro atoms. The van der Waals surface area contributed by atoms with Crippen molar-refractivity contribution in [3.63, 3.8) is 0 Å². The molecule has 6 heteroatoms. The first kappa shape index (κ1) is 17.3. The largest absolute Gasteiger partial charge is 0.393 e. The van der Waals surface area contributed by atoms with E-state index in [0.29, 0.717) is 5.69 Å². The summed E-state index contributed by atoms with van der Waals surface area (Å²) in [7, 11) is 0. The van der Waals surface area contributed by atoms with Crippen LogP contribution >= 0.6 is 0 Å². The zero-order chi connectivity index (χ0) is 17.8. The topological polar surface area (TPSA) is 70.3 Å². The van der Waals surface area contributed by atoms with Crippen LogP contribution in [-0.4, -0.2) is 42.7 Å². The molecule has 0 unspecified atom stereocenters. The Labute approximate surface area is 150 Å². The quantitative estimate of drug-likeness (QED) is 0.872. The highest BCUT2D eigenvalue weighted by Gasteiger charge is 2.22.